The number of aromatic nitrogens is 1. The second-order valence-electron chi connectivity index (χ2n) is 3.56. The van der Waals surface area contributed by atoms with Crippen molar-refractivity contribution in [1.82, 2.24) is 9.88 Å². The third-order valence-corrected chi connectivity index (χ3v) is 2.35. The molecule has 0 amide bonds. The Kier molecular flexibility index (Phi) is 4.72. The third kappa shape index (κ3) is 3.86. The maximum absolute atomic E-state index is 10.6. The van der Waals surface area contributed by atoms with Crippen LogP contribution in [0.4, 0.5) is 5.82 Å². The fraction of sp³-hybridized carbons (Fsp3) is 0.455. The van der Waals surface area contributed by atoms with Crippen molar-refractivity contribution in [2.24, 2.45) is 0 Å². The van der Waals surface area contributed by atoms with E-state index in [0.717, 1.165) is 19.6 Å². The highest BCUT2D eigenvalue weighted by atomic mass is 16.4. The fourth-order valence-corrected chi connectivity index (χ4v) is 1.16. The van der Waals surface area contributed by atoms with Gasteiger partial charge in [-0.15, -0.1) is 0 Å². The molecule has 0 saturated carbocycles. The maximum Gasteiger partial charge on any atom is 0.337 e. The van der Waals surface area contributed by atoms with E-state index in [4.69, 9.17) is 5.11 Å². The number of hydrogen-bond donors (Lipinski definition) is 2. The quantitative estimate of drug-likeness (QED) is 0.757. The van der Waals surface area contributed by atoms with Crippen LogP contribution in [0.15, 0.2) is 18.3 Å². The monoisotopic (exact) mass is 223 g/mol. The highest BCUT2D eigenvalue weighted by Crippen LogP contribution is 2.04. The summed E-state index contributed by atoms with van der Waals surface area (Å²) in [7, 11) is 2.04. The van der Waals surface area contributed by atoms with Gasteiger partial charge in [-0.2, -0.15) is 0 Å². The number of hydrogen-bond acceptors (Lipinski definition) is 4. The lowest BCUT2D eigenvalue weighted by Crippen LogP contribution is -2.24. The average molecular weight is 223 g/mol. The number of rotatable bonds is 6. The van der Waals surface area contributed by atoms with Gasteiger partial charge in [0, 0.05) is 19.3 Å². The van der Waals surface area contributed by atoms with Gasteiger partial charge in [0.25, 0.3) is 0 Å². The Hall–Kier alpha value is -1.62. The van der Waals surface area contributed by atoms with E-state index in [2.05, 4.69) is 22.1 Å². The number of carboxylic acids is 1. The van der Waals surface area contributed by atoms with Crippen LogP contribution in [-0.2, 0) is 0 Å². The summed E-state index contributed by atoms with van der Waals surface area (Å²) in [4.78, 5) is 16.8. The van der Waals surface area contributed by atoms with Gasteiger partial charge in [-0.3, -0.25) is 0 Å². The average Bonchev–Trinajstić information content (AvgIpc) is 2.29. The largest absolute Gasteiger partial charge is 0.478 e. The molecule has 16 heavy (non-hydrogen) atoms. The molecule has 2 N–H and O–H groups in total. The SMILES string of the molecule is CCN(C)CCNc1ccc(C(=O)O)cn1. The Labute approximate surface area is 95.1 Å². The van der Waals surface area contributed by atoms with Crippen LogP contribution >= 0.6 is 0 Å². The predicted molar refractivity (Wildman–Crippen MR) is 62.9 cm³/mol. The molecule has 1 heterocycles. The lowest BCUT2D eigenvalue weighted by Gasteiger charge is -2.14. The molecule has 1 aromatic heterocycles. The minimum Gasteiger partial charge on any atom is -0.478 e. The van der Waals surface area contributed by atoms with E-state index in [0.29, 0.717) is 5.82 Å². The fourth-order valence-electron chi connectivity index (χ4n) is 1.16. The molecule has 0 radical (unpaired) electrons. The molecule has 1 aromatic rings. The standard InChI is InChI=1S/C11H17N3O2/c1-3-14(2)7-6-12-10-5-4-9(8-13-10)11(15)16/h4-5,8H,3,6-7H2,1-2H3,(H,12,13)(H,15,16). The molecule has 0 aromatic carbocycles. The zero-order chi connectivity index (χ0) is 12.0. The van der Waals surface area contributed by atoms with Crippen LogP contribution in [0, 0.1) is 0 Å². The second-order valence-corrected chi connectivity index (χ2v) is 3.56. The summed E-state index contributed by atoms with van der Waals surface area (Å²) in [6, 6.07) is 3.22. The van der Waals surface area contributed by atoms with Gasteiger partial charge < -0.3 is 15.3 Å². The van der Waals surface area contributed by atoms with Crippen LogP contribution in [-0.4, -0.2) is 47.6 Å². The van der Waals surface area contributed by atoms with Gasteiger partial charge in [0.15, 0.2) is 0 Å². The van der Waals surface area contributed by atoms with E-state index < -0.39 is 5.97 Å². The molecule has 0 aliphatic carbocycles. The van der Waals surface area contributed by atoms with Gasteiger partial charge >= 0.3 is 5.97 Å². The van der Waals surface area contributed by atoms with Gasteiger partial charge in [-0.25, -0.2) is 9.78 Å². The van der Waals surface area contributed by atoms with E-state index in [-0.39, 0.29) is 5.56 Å². The molecule has 0 aliphatic heterocycles. The number of likely N-dealkylation sites (N-methyl/N-ethyl adjacent to an activating group) is 1. The lowest BCUT2D eigenvalue weighted by molar-refractivity contribution is 0.0696. The Bertz CT molecular complexity index is 338. The first-order valence-electron chi connectivity index (χ1n) is 5.25. The maximum atomic E-state index is 10.6. The normalized spacial score (nSPS) is 10.4. The van der Waals surface area contributed by atoms with Crippen LogP contribution in [0.2, 0.25) is 0 Å². The highest BCUT2D eigenvalue weighted by molar-refractivity contribution is 5.87. The van der Waals surface area contributed by atoms with E-state index in [1.807, 2.05) is 7.05 Å². The highest BCUT2D eigenvalue weighted by Gasteiger charge is 2.02. The Morgan fingerprint density at radius 1 is 1.56 bits per heavy atom. The molecule has 0 spiro atoms. The predicted octanol–water partition coefficient (Wildman–Crippen LogP) is 1.14. The molecule has 88 valence electrons. The van der Waals surface area contributed by atoms with Gasteiger partial charge in [-0.1, -0.05) is 6.92 Å². The number of nitrogens with zero attached hydrogens (tertiary/aromatic N) is 2. The molecule has 0 unspecified atom stereocenters. The Balaban J connectivity index is 2.40. The number of aromatic carboxylic acids is 1. The molecule has 5 nitrogen and oxygen atoms in total. The van der Waals surface area contributed by atoms with Gasteiger partial charge in [0.1, 0.15) is 5.82 Å². The molecule has 1 rings (SSSR count). The summed E-state index contributed by atoms with van der Waals surface area (Å²) >= 11 is 0. The number of nitrogens with one attached hydrogen (secondary N) is 1. The van der Waals surface area contributed by atoms with E-state index >= 15 is 0 Å². The molecule has 0 bridgehead atoms. The van der Waals surface area contributed by atoms with Crippen molar-refractivity contribution in [2.75, 3.05) is 32.0 Å². The van der Waals surface area contributed by atoms with Gasteiger partial charge in [0.2, 0.25) is 0 Å². The Morgan fingerprint density at radius 3 is 2.81 bits per heavy atom. The van der Waals surface area contributed by atoms with E-state index in [1.54, 1.807) is 12.1 Å². The van der Waals surface area contributed by atoms with Crippen LogP contribution in [0.3, 0.4) is 0 Å². The van der Waals surface area contributed by atoms with Crippen molar-refractivity contribution in [3.05, 3.63) is 23.9 Å². The van der Waals surface area contributed by atoms with Gasteiger partial charge in [-0.05, 0) is 25.7 Å². The zero-order valence-electron chi connectivity index (χ0n) is 9.60. The first-order valence-corrected chi connectivity index (χ1v) is 5.25. The summed E-state index contributed by atoms with van der Waals surface area (Å²) in [6.07, 6.45) is 1.36. The van der Waals surface area contributed by atoms with Crippen LogP contribution in [0.5, 0.6) is 0 Å². The van der Waals surface area contributed by atoms with Crippen molar-refractivity contribution < 1.29 is 9.90 Å². The van der Waals surface area contributed by atoms with Crippen molar-refractivity contribution in [3.63, 3.8) is 0 Å². The number of pyridine rings is 1. The summed E-state index contributed by atoms with van der Waals surface area (Å²) in [6.45, 7) is 4.83. The molecule has 0 fully saturated rings. The van der Waals surface area contributed by atoms with Crippen molar-refractivity contribution >= 4 is 11.8 Å². The summed E-state index contributed by atoms with van der Waals surface area (Å²) in [5.74, 6) is -0.251. The minimum atomic E-state index is -0.954. The lowest BCUT2D eigenvalue weighted by atomic mass is 10.3. The van der Waals surface area contributed by atoms with Crippen molar-refractivity contribution in [1.29, 1.82) is 0 Å². The topological polar surface area (TPSA) is 65.5 Å². The molecular formula is C11H17N3O2. The van der Waals surface area contributed by atoms with Crippen LogP contribution in [0.25, 0.3) is 0 Å². The van der Waals surface area contributed by atoms with Crippen LogP contribution < -0.4 is 5.32 Å². The summed E-state index contributed by atoms with van der Waals surface area (Å²) < 4.78 is 0. The van der Waals surface area contributed by atoms with E-state index in [9.17, 15) is 4.79 Å². The molecule has 0 aliphatic rings. The molecule has 0 saturated heterocycles. The summed E-state index contributed by atoms with van der Waals surface area (Å²) in [5, 5.41) is 11.8. The number of anilines is 1. The smallest absolute Gasteiger partial charge is 0.337 e. The molecular weight excluding hydrogens is 206 g/mol. The summed E-state index contributed by atoms with van der Waals surface area (Å²) in [5.41, 5.74) is 0.205. The Morgan fingerprint density at radius 2 is 2.31 bits per heavy atom. The first kappa shape index (κ1) is 12.4. The molecule has 5 heteroatoms. The van der Waals surface area contributed by atoms with Crippen molar-refractivity contribution in [3.8, 4) is 0 Å². The third-order valence-electron chi connectivity index (χ3n) is 2.35. The minimum absolute atomic E-state index is 0.205. The number of carboxylic acid groups (broad SMARTS) is 1. The second kappa shape index (κ2) is 6.07. The molecule has 0 atom stereocenters. The van der Waals surface area contributed by atoms with Gasteiger partial charge in [0.05, 0.1) is 5.56 Å². The first-order chi connectivity index (χ1) is 7.63. The van der Waals surface area contributed by atoms with E-state index in [1.165, 1.54) is 6.20 Å². The van der Waals surface area contributed by atoms with Crippen molar-refractivity contribution in [2.45, 2.75) is 6.92 Å². The van der Waals surface area contributed by atoms with Crippen LogP contribution in [0.1, 0.15) is 17.3 Å². The zero-order valence-corrected chi connectivity index (χ0v) is 9.60. The number of carbonyl (C=O) groups is 1.